The molecular weight excluding hydrogens is 298 g/mol. The average Bonchev–Trinajstić information content (AvgIpc) is 2.47. The van der Waals surface area contributed by atoms with Crippen LogP contribution in [0.5, 0.6) is 0 Å². The molecule has 1 heterocycles. The summed E-state index contributed by atoms with van der Waals surface area (Å²) in [5.74, 6) is 0. The Morgan fingerprint density at radius 3 is 2.81 bits per heavy atom. The fourth-order valence-corrected chi connectivity index (χ4v) is 3.57. The Labute approximate surface area is 122 Å². The highest BCUT2D eigenvalue weighted by molar-refractivity contribution is 7.89. The molecule has 0 amide bonds. The van der Waals surface area contributed by atoms with Gasteiger partial charge in [0.05, 0.1) is 17.6 Å². The van der Waals surface area contributed by atoms with Crippen LogP contribution in [0.15, 0.2) is 29.2 Å². The summed E-state index contributed by atoms with van der Waals surface area (Å²) in [6, 6.07) is 4.76. The lowest BCUT2D eigenvalue weighted by Crippen LogP contribution is -2.50. The highest BCUT2D eigenvalue weighted by Gasteiger charge is 2.30. The van der Waals surface area contributed by atoms with Crippen molar-refractivity contribution < 1.29 is 18.1 Å². The molecule has 1 saturated heterocycles. The second kappa shape index (κ2) is 6.48. The molecule has 2 unspecified atom stereocenters. The highest BCUT2D eigenvalue weighted by Crippen LogP contribution is 2.23. The van der Waals surface area contributed by atoms with Crippen molar-refractivity contribution in [1.29, 1.82) is 0 Å². The van der Waals surface area contributed by atoms with Gasteiger partial charge in [0, 0.05) is 25.2 Å². The molecule has 0 aromatic heterocycles. The van der Waals surface area contributed by atoms with Crippen LogP contribution >= 0.6 is 0 Å². The van der Waals surface area contributed by atoms with Crippen LogP contribution in [0, 0.1) is 10.1 Å². The number of nitrogens with zero attached hydrogens (tertiary/aromatic N) is 1. The molecule has 0 aliphatic carbocycles. The van der Waals surface area contributed by atoms with Crippen LogP contribution < -0.4 is 10.0 Å². The molecule has 2 atom stereocenters. The summed E-state index contributed by atoms with van der Waals surface area (Å²) in [6.45, 7) is 3.42. The Bertz CT molecular complexity index is 613. The molecule has 0 bridgehead atoms. The van der Waals surface area contributed by atoms with Gasteiger partial charge in [0.2, 0.25) is 10.0 Å². The van der Waals surface area contributed by atoms with Crippen molar-refractivity contribution in [2.75, 3.05) is 19.7 Å². The maximum atomic E-state index is 12.3. The molecule has 21 heavy (non-hydrogen) atoms. The fraction of sp³-hybridized carbons (Fsp3) is 0.500. The summed E-state index contributed by atoms with van der Waals surface area (Å²) in [7, 11) is -3.98. The van der Waals surface area contributed by atoms with Gasteiger partial charge in [0.1, 0.15) is 0 Å². The van der Waals surface area contributed by atoms with Gasteiger partial charge in [-0.3, -0.25) is 10.1 Å². The first-order chi connectivity index (χ1) is 9.92. The summed E-state index contributed by atoms with van der Waals surface area (Å²) in [4.78, 5) is 9.88. The highest BCUT2D eigenvalue weighted by atomic mass is 32.2. The summed E-state index contributed by atoms with van der Waals surface area (Å²) in [6.07, 6.45) is -0.309. The van der Waals surface area contributed by atoms with Gasteiger partial charge < -0.3 is 10.1 Å². The predicted molar refractivity (Wildman–Crippen MR) is 75.5 cm³/mol. The number of para-hydroxylation sites is 1. The van der Waals surface area contributed by atoms with Crippen molar-refractivity contribution in [1.82, 2.24) is 10.0 Å². The first-order valence-electron chi connectivity index (χ1n) is 6.50. The van der Waals surface area contributed by atoms with E-state index in [4.69, 9.17) is 4.74 Å². The second-order valence-electron chi connectivity index (χ2n) is 4.75. The van der Waals surface area contributed by atoms with Gasteiger partial charge in [-0.15, -0.1) is 0 Å². The topological polar surface area (TPSA) is 111 Å². The number of nitro benzene ring substituents is 1. The van der Waals surface area contributed by atoms with Gasteiger partial charge in [-0.25, -0.2) is 13.1 Å². The fourth-order valence-electron chi connectivity index (χ4n) is 2.13. The standard InChI is InChI=1S/C12H17N3O5S/c1-9(11-8-13-6-7-20-11)14-21(18,19)12-5-3-2-4-10(12)15(16)17/h2-5,9,11,13-14H,6-8H2,1H3. The van der Waals surface area contributed by atoms with E-state index < -0.39 is 26.7 Å². The Balaban J connectivity index is 2.20. The first-order valence-corrected chi connectivity index (χ1v) is 7.98. The van der Waals surface area contributed by atoms with Crippen LogP contribution in [0.4, 0.5) is 5.69 Å². The number of sulfonamides is 1. The third kappa shape index (κ3) is 3.76. The summed E-state index contributed by atoms with van der Waals surface area (Å²) in [5.41, 5.74) is -0.445. The van der Waals surface area contributed by atoms with E-state index in [1.807, 2.05) is 0 Å². The Morgan fingerprint density at radius 2 is 2.19 bits per heavy atom. The van der Waals surface area contributed by atoms with Gasteiger partial charge in [-0.2, -0.15) is 0 Å². The molecule has 1 aromatic rings. The number of hydrogen-bond donors (Lipinski definition) is 2. The van der Waals surface area contributed by atoms with Gasteiger partial charge in [0.15, 0.2) is 4.90 Å². The third-order valence-electron chi connectivity index (χ3n) is 3.21. The lowest BCUT2D eigenvalue weighted by atomic mass is 10.2. The largest absolute Gasteiger partial charge is 0.374 e. The zero-order valence-electron chi connectivity index (χ0n) is 11.5. The lowest BCUT2D eigenvalue weighted by molar-refractivity contribution is -0.387. The number of hydrogen-bond acceptors (Lipinski definition) is 6. The van der Waals surface area contributed by atoms with Crippen molar-refractivity contribution in [3.05, 3.63) is 34.4 Å². The number of nitrogens with one attached hydrogen (secondary N) is 2. The van der Waals surface area contributed by atoms with Crippen LogP contribution in [-0.2, 0) is 14.8 Å². The number of ether oxygens (including phenoxy) is 1. The molecule has 1 aliphatic heterocycles. The van der Waals surface area contributed by atoms with Crippen LogP contribution in [0.2, 0.25) is 0 Å². The second-order valence-corrected chi connectivity index (χ2v) is 6.43. The van der Waals surface area contributed by atoms with Crippen molar-refractivity contribution in [2.45, 2.75) is 24.0 Å². The number of morpholine rings is 1. The molecule has 0 spiro atoms. The molecule has 9 heteroatoms. The van der Waals surface area contributed by atoms with E-state index in [1.54, 1.807) is 6.92 Å². The van der Waals surface area contributed by atoms with Crippen molar-refractivity contribution in [3.8, 4) is 0 Å². The van der Waals surface area contributed by atoms with E-state index in [0.29, 0.717) is 13.2 Å². The Morgan fingerprint density at radius 1 is 1.48 bits per heavy atom. The minimum atomic E-state index is -3.98. The summed E-state index contributed by atoms with van der Waals surface area (Å²) >= 11 is 0. The number of benzene rings is 1. The smallest absolute Gasteiger partial charge is 0.289 e. The molecule has 1 fully saturated rings. The van der Waals surface area contributed by atoms with Crippen LogP contribution in [0.1, 0.15) is 6.92 Å². The molecule has 0 saturated carbocycles. The molecule has 0 radical (unpaired) electrons. The average molecular weight is 315 g/mol. The third-order valence-corrected chi connectivity index (χ3v) is 4.81. The number of rotatable bonds is 5. The van der Waals surface area contributed by atoms with E-state index in [0.717, 1.165) is 12.6 Å². The van der Waals surface area contributed by atoms with Crippen LogP contribution in [0.3, 0.4) is 0 Å². The molecule has 116 valence electrons. The summed E-state index contributed by atoms with van der Waals surface area (Å²) in [5, 5.41) is 14.0. The van der Waals surface area contributed by atoms with E-state index in [-0.39, 0.29) is 11.0 Å². The summed E-state index contributed by atoms with van der Waals surface area (Å²) < 4.78 is 32.6. The van der Waals surface area contributed by atoms with Gasteiger partial charge in [-0.1, -0.05) is 12.1 Å². The Kier molecular flexibility index (Phi) is 4.88. The zero-order chi connectivity index (χ0) is 15.5. The SMILES string of the molecule is CC(NS(=O)(=O)c1ccccc1[N+](=O)[O-])C1CNCCO1. The van der Waals surface area contributed by atoms with Gasteiger partial charge in [0.25, 0.3) is 5.69 Å². The Hall–Kier alpha value is -1.55. The zero-order valence-corrected chi connectivity index (χ0v) is 12.3. The quantitative estimate of drug-likeness (QED) is 0.595. The molecular formula is C12H17N3O5S. The maximum absolute atomic E-state index is 12.3. The maximum Gasteiger partial charge on any atom is 0.289 e. The van der Waals surface area contributed by atoms with Crippen molar-refractivity contribution in [2.24, 2.45) is 0 Å². The minimum absolute atomic E-state index is 0.309. The van der Waals surface area contributed by atoms with Crippen LogP contribution in [0.25, 0.3) is 0 Å². The van der Waals surface area contributed by atoms with Gasteiger partial charge >= 0.3 is 0 Å². The van der Waals surface area contributed by atoms with E-state index in [2.05, 4.69) is 10.0 Å². The first kappa shape index (κ1) is 15.8. The molecule has 8 nitrogen and oxygen atoms in total. The van der Waals surface area contributed by atoms with Crippen LogP contribution in [-0.4, -0.2) is 45.2 Å². The predicted octanol–water partition coefficient (Wildman–Crippen LogP) is 0.250. The molecule has 1 aliphatic rings. The van der Waals surface area contributed by atoms with Crippen molar-refractivity contribution in [3.63, 3.8) is 0 Å². The number of nitro groups is 1. The molecule has 2 N–H and O–H groups in total. The minimum Gasteiger partial charge on any atom is -0.374 e. The monoisotopic (exact) mass is 315 g/mol. The van der Waals surface area contributed by atoms with E-state index in [9.17, 15) is 18.5 Å². The normalized spacial score (nSPS) is 20.9. The van der Waals surface area contributed by atoms with Crippen molar-refractivity contribution >= 4 is 15.7 Å². The van der Waals surface area contributed by atoms with Gasteiger partial charge in [-0.05, 0) is 13.0 Å². The molecule has 2 rings (SSSR count). The molecule has 1 aromatic carbocycles. The van der Waals surface area contributed by atoms with E-state index in [1.165, 1.54) is 18.2 Å². The van der Waals surface area contributed by atoms with E-state index >= 15 is 0 Å². The lowest BCUT2D eigenvalue weighted by Gasteiger charge is -2.29.